The molecule has 5 rings (SSSR count). The van der Waals surface area contributed by atoms with Gasteiger partial charge in [0.15, 0.2) is 11.5 Å². The van der Waals surface area contributed by atoms with Crippen molar-refractivity contribution in [2.75, 3.05) is 12.3 Å². The van der Waals surface area contributed by atoms with Gasteiger partial charge >= 0.3 is 0 Å². The largest absolute Gasteiger partial charge is 0.505 e. The van der Waals surface area contributed by atoms with Crippen LogP contribution >= 0.6 is 0 Å². The van der Waals surface area contributed by atoms with Crippen molar-refractivity contribution < 1.29 is 71.8 Å². The molecule has 0 atom stereocenters. The number of nitrogens with zero attached hydrogens (tertiary/aromatic N) is 7. The number of phenols is 2. The molecule has 0 aliphatic rings. The number of non-ortho nitro benzene ring substituents is 1. The van der Waals surface area contributed by atoms with Gasteiger partial charge in [-0.3, -0.25) is 28.3 Å². The third-order valence-corrected chi connectivity index (χ3v) is 12.0. The van der Waals surface area contributed by atoms with E-state index in [1.165, 1.54) is 12.1 Å². The van der Waals surface area contributed by atoms with E-state index >= 15 is 0 Å². The molecule has 0 bridgehead atoms. The molecule has 8 N–H and O–H groups in total. The van der Waals surface area contributed by atoms with E-state index in [0.29, 0.717) is 42.7 Å². The highest BCUT2D eigenvalue weighted by atomic mass is 32.2. The van der Waals surface area contributed by atoms with Gasteiger partial charge in [0, 0.05) is 18.2 Å². The Morgan fingerprint density at radius 2 is 1.10 bits per heavy atom. The molecule has 0 saturated carbocycles. The van der Waals surface area contributed by atoms with Gasteiger partial charge in [0.2, 0.25) is 0 Å². The summed E-state index contributed by atoms with van der Waals surface area (Å²) in [7, 11) is -21.4. The summed E-state index contributed by atoms with van der Waals surface area (Å²) in [6.45, 7) is 2.54. The normalized spacial score (nSPS) is 12.8. The fourth-order valence-electron chi connectivity index (χ4n) is 5.56. The molecule has 0 unspecified atom stereocenters. The predicted molar refractivity (Wildman–Crippen MR) is 219 cm³/mol. The molecule has 0 saturated heterocycles. The summed E-state index contributed by atoms with van der Waals surface area (Å²) < 4.78 is 144. The van der Waals surface area contributed by atoms with Gasteiger partial charge in [-0.05, 0) is 60.3 Å². The number of benzene rings is 5. The molecule has 5 aromatic rings. The molecule has 0 aliphatic heterocycles. The molecule has 0 aliphatic carbocycles. The average Bonchev–Trinajstić information content (AvgIpc) is 3.18. The van der Waals surface area contributed by atoms with Crippen LogP contribution in [0.15, 0.2) is 117 Å². The van der Waals surface area contributed by atoms with E-state index in [1.54, 1.807) is 6.07 Å². The first-order valence-electron chi connectivity index (χ1n) is 17.5. The minimum Gasteiger partial charge on any atom is -0.505 e. The Bertz CT molecular complexity index is 3220. The Labute approximate surface area is 356 Å². The fourth-order valence-corrected chi connectivity index (χ4v) is 8.16. The number of fused-ring (bicyclic) bond motifs is 1. The van der Waals surface area contributed by atoms with Crippen LogP contribution in [0.2, 0.25) is 0 Å². The number of hydrogen-bond donors (Lipinski definition) is 7. The zero-order chi connectivity index (χ0) is 46.7. The average molecular weight is 953 g/mol. The highest BCUT2D eigenvalue weighted by Crippen LogP contribution is 2.50. The minimum absolute atomic E-state index is 0.154. The SMILES string of the molecule is CCCCCCOc1ccc(N=Nc2ccc(N=Nc3c(S(=O)(=O)O)cc4cc(S(=O)(=O)O)c(N=Nc5ccc([N+](=O)[O-])cc5S(=O)(=O)O)c(O)c4c3O)c(S(=O)(=O)O)c2)c(N)c1. The number of anilines is 1. The first kappa shape index (κ1) is 47.4. The van der Waals surface area contributed by atoms with E-state index in [1.807, 2.05) is 0 Å². The van der Waals surface area contributed by atoms with Crippen LogP contribution in [0.25, 0.3) is 10.8 Å². The molecule has 0 spiro atoms. The second-order valence-electron chi connectivity index (χ2n) is 12.9. The second kappa shape index (κ2) is 18.4. The zero-order valence-corrected chi connectivity index (χ0v) is 35.2. The highest BCUT2D eigenvalue weighted by molar-refractivity contribution is 7.86. The van der Waals surface area contributed by atoms with Gasteiger partial charge in [0.25, 0.3) is 46.2 Å². The molecule has 0 fully saturated rings. The third-order valence-electron chi connectivity index (χ3n) is 8.51. The van der Waals surface area contributed by atoms with Crippen LogP contribution < -0.4 is 10.5 Å². The van der Waals surface area contributed by atoms with Gasteiger partial charge < -0.3 is 20.7 Å². The van der Waals surface area contributed by atoms with Crippen molar-refractivity contribution in [3.8, 4) is 17.2 Å². The number of phenolic OH excluding ortho intramolecular Hbond substituents is 2. The number of nitro groups is 1. The Hall–Kier alpha value is -6.60. The van der Waals surface area contributed by atoms with Crippen LogP contribution in [-0.4, -0.2) is 73.6 Å². The van der Waals surface area contributed by atoms with Crippen molar-refractivity contribution in [3.63, 3.8) is 0 Å². The Balaban J connectivity index is 1.60. The van der Waals surface area contributed by atoms with Crippen LogP contribution in [0.5, 0.6) is 17.2 Å². The highest BCUT2D eigenvalue weighted by Gasteiger charge is 2.30. The van der Waals surface area contributed by atoms with E-state index < -0.39 is 116 Å². The lowest BCUT2D eigenvalue weighted by atomic mass is 10.1. The number of nitrogens with two attached hydrogens (primary N) is 1. The Kier molecular flexibility index (Phi) is 13.9. The van der Waals surface area contributed by atoms with Gasteiger partial charge in [-0.2, -0.15) is 38.8 Å². The fraction of sp³-hybridized carbons (Fsp3) is 0.176. The Morgan fingerprint density at radius 1 is 0.603 bits per heavy atom. The van der Waals surface area contributed by atoms with Crippen LogP contribution in [0.4, 0.5) is 45.5 Å². The smallest absolute Gasteiger partial charge is 0.297 e. The van der Waals surface area contributed by atoms with Crippen molar-refractivity contribution >= 4 is 96.7 Å². The number of rotatable bonds is 17. The summed E-state index contributed by atoms with van der Waals surface area (Å²) in [6.07, 6.45) is 3.96. The monoisotopic (exact) mass is 952 g/mol. The van der Waals surface area contributed by atoms with Gasteiger partial charge in [-0.15, -0.1) is 25.6 Å². The van der Waals surface area contributed by atoms with Crippen molar-refractivity contribution in [1.29, 1.82) is 0 Å². The summed E-state index contributed by atoms with van der Waals surface area (Å²) >= 11 is 0. The molecule has 5 aromatic carbocycles. The zero-order valence-electron chi connectivity index (χ0n) is 31.9. The molecule has 334 valence electrons. The number of nitro benzene ring substituents is 1. The third kappa shape index (κ3) is 11.3. The summed E-state index contributed by atoms with van der Waals surface area (Å²) in [6, 6.07) is 9.98. The molecule has 0 radical (unpaired) electrons. The van der Waals surface area contributed by atoms with Gasteiger partial charge in [-0.25, -0.2) is 0 Å². The molecule has 25 nitrogen and oxygen atoms in total. The van der Waals surface area contributed by atoms with Crippen LogP contribution in [-0.2, 0) is 40.5 Å². The minimum atomic E-state index is -5.49. The number of unbranched alkanes of at least 4 members (excludes halogenated alkanes) is 3. The molecule has 0 heterocycles. The maximum atomic E-state index is 12.5. The molecular formula is C34H32N8O17S4. The van der Waals surface area contributed by atoms with Gasteiger partial charge in [0.1, 0.15) is 53.8 Å². The number of hydrogen-bond acceptors (Lipinski definition) is 20. The van der Waals surface area contributed by atoms with Crippen LogP contribution in [0.1, 0.15) is 32.6 Å². The van der Waals surface area contributed by atoms with Crippen molar-refractivity contribution in [2.24, 2.45) is 30.7 Å². The quantitative estimate of drug-likeness (QED) is 0.0116. The lowest BCUT2D eigenvalue weighted by molar-refractivity contribution is -0.385. The maximum absolute atomic E-state index is 12.5. The predicted octanol–water partition coefficient (Wildman–Crippen LogP) is 7.93. The molecule has 63 heavy (non-hydrogen) atoms. The summed E-state index contributed by atoms with van der Waals surface area (Å²) in [5.41, 5.74) is 1.24. The maximum Gasteiger partial charge on any atom is 0.297 e. The van der Waals surface area contributed by atoms with E-state index in [9.17, 15) is 72.2 Å². The Morgan fingerprint density at radius 3 is 1.59 bits per heavy atom. The second-order valence-corrected chi connectivity index (χ2v) is 18.5. The lowest BCUT2D eigenvalue weighted by Crippen LogP contribution is -2.02. The van der Waals surface area contributed by atoms with Gasteiger partial charge in [-0.1, -0.05) is 26.2 Å². The van der Waals surface area contributed by atoms with E-state index in [4.69, 9.17) is 10.5 Å². The molecular weight excluding hydrogens is 921 g/mol. The first-order chi connectivity index (χ1) is 29.3. The number of aromatic hydroxyl groups is 2. The van der Waals surface area contributed by atoms with Crippen molar-refractivity contribution in [1.82, 2.24) is 0 Å². The van der Waals surface area contributed by atoms with E-state index in [-0.39, 0.29) is 17.1 Å². The van der Waals surface area contributed by atoms with Crippen molar-refractivity contribution in [3.05, 3.63) is 76.8 Å². The summed E-state index contributed by atoms with van der Waals surface area (Å²) in [5, 5.41) is 53.9. The van der Waals surface area contributed by atoms with Crippen LogP contribution in [0.3, 0.4) is 0 Å². The number of ether oxygens (including phenoxy) is 1. The summed E-state index contributed by atoms with van der Waals surface area (Å²) in [4.78, 5) is 5.24. The topological polar surface area (TPSA) is 410 Å². The molecule has 0 aromatic heterocycles. The molecule has 0 amide bonds. The van der Waals surface area contributed by atoms with E-state index in [2.05, 4.69) is 37.6 Å². The number of azo groups is 3. The van der Waals surface area contributed by atoms with Gasteiger partial charge in [0.05, 0.1) is 28.3 Å². The standard InChI is InChI=1S/C34H32N8O17S4/c1-2-3-4-5-12-59-21-8-11-23(22(35)17-21)37-36-19-6-9-24(26(15-19)60(47,48)49)38-40-31-28(62(53,54)55)13-18-14-29(63(56,57)58)32(34(44)30(18)33(31)43)41-39-25-10-7-20(42(45)46)16-27(25)61(50,51)52/h6-11,13-17,43-44H,2-5,12,35H2,1H3,(H,47,48,49)(H,50,51,52)(H,53,54,55)(H,56,57,58). The number of nitrogen functional groups attached to an aromatic ring is 1. The van der Waals surface area contributed by atoms with Crippen LogP contribution in [0, 0.1) is 10.1 Å². The lowest BCUT2D eigenvalue weighted by Gasteiger charge is -2.13. The summed E-state index contributed by atoms with van der Waals surface area (Å²) in [5.74, 6) is -2.38. The first-order valence-corrected chi connectivity index (χ1v) is 23.2. The van der Waals surface area contributed by atoms with E-state index in [0.717, 1.165) is 43.9 Å². The van der Waals surface area contributed by atoms with Crippen molar-refractivity contribution in [2.45, 2.75) is 52.2 Å². The molecule has 29 heteroatoms.